The fraction of sp³-hybridized carbons (Fsp3) is 0.188. The van der Waals surface area contributed by atoms with Crippen LogP contribution in [-0.4, -0.2) is 32.0 Å². The zero-order chi connectivity index (χ0) is 19.5. The number of sulfonamides is 1. The number of nitrogens with one attached hydrogen (secondary N) is 1. The molecule has 0 atom stereocenters. The van der Waals surface area contributed by atoms with Gasteiger partial charge in [-0.15, -0.1) is 0 Å². The second kappa shape index (κ2) is 7.83. The van der Waals surface area contributed by atoms with Crippen LogP contribution in [0.1, 0.15) is 5.56 Å². The Hall–Kier alpha value is -2.46. The molecule has 0 fully saturated rings. The Bertz CT molecular complexity index is 962. The second-order valence-corrected chi connectivity index (χ2v) is 8.33. The summed E-state index contributed by atoms with van der Waals surface area (Å²) >= 11 is 3.26. The minimum atomic E-state index is -3.71. The number of rotatable bonds is 6. The number of carbonyl (C=O) groups is 1. The van der Waals surface area contributed by atoms with E-state index in [-0.39, 0.29) is 11.4 Å². The first-order valence-electron chi connectivity index (χ1n) is 7.36. The van der Waals surface area contributed by atoms with Crippen LogP contribution in [0.25, 0.3) is 0 Å². The highest BCUT2D eigenvalue weighted by molar-refractivity contribution is 9.10. The van der Waals surface area contributed by atoms with Crippen LogP contribution in [0.15, 0.2) is 46.9 Å². The third-order valence-corrected chi connectivity index (χ3v) is 5.19. The molecule has 1 amide bonds. The van der Waals surface area contributed by atoms with Crippen LogP contribution in [-0.2, 0) is 14.8 Å². The standard InChI is InChI=1S/C16H16BrN3O5S/c1-11-14(7-4-8-15(11)20(22)23)18-16(21)10-19(26(2,24)25)13-6-3-5-12(17)9-13/h3-9H,10H2,1-2H3,(H,18,21). The molecule has 8 nitrogen and oxygen atoms in total. The molecule has 0 unspecified atom stereocenters. The molecule has 0 aliphatic rings. The second-order valence-electron chi connectivity index (χ2n) is 5.50. The number of benzene rings is 2. The van der Waals surface area contributed by atoms with Gasteiger partial charge in [0, 0.05) is 10.5 Å². The van der Waals surface area contributed by atoms with Crippen molar-refractivity contribution >= 4 is 48.9 Å². The summed E-state index contributed by atoms with van der Waals surface area (Å²) in [5.41, 5.74) is 0.744. The smallest absolute Gasteiger partial charge is 0.274 e. The number of nitro groups is 1. The Morgan fingerprint density at radius 2 is 1.92 bits per heavy atom. The quantitative estimate of drug-likeness (QED) is 0.546. The van der Waals surface area contributed by atoms with Gasteiger partial charge in [-0.1, -0.05) is 28.1 Å². The maximum Gasteiger partial charge on any atom is 0.274 e. The number of carbonyl (C=O) groups excluding carboxylic acids is 1. The molecule has 0 aliphatic heterocycles. The molecule has 2 aromatic rings. The lowest BCUT2D eigenvalue weighted by Crippen LogP contribution is -2.37. The Morgan fingerprint density at radius 1 is 1.27 bits per heavy atom. The van der Waals surface area contributed by atoms with Gasteiger partial charge in [-0.05, 0) is 31.2 Å². The highest BCUT2D eigenvalue weighted by Crippen LogP contribution is 2.26. The van der Waals surface area contributed by atoms with E-state index in [9.17, 15) is 23.3 Å². The van der Waals surface area contributed by atoms with Crippen molar-refractivity contribution in [3.8, 4) is 0 Å². The molecular formula is C16H16BrN3O5S. The summed E-state index contributed by atoms with van der Waals surface area (Å²) in [4.78, 5) is 22.8. The summed E-state index contributed by atoms with van der Waals surface area (Å²) < 4.78 is 25.8. The van der Waals surface area contributed by atoms with Crippen LogP contribution >= 0.6 is 15.9 Å². The van der Waals surface area contributed by atoms with E-state index in [0.717, 1.165) is 10.6 Å². The number of amides is 1. The van der Waals surface area contributed by atoms with Crippen molar-refractivity contribution in [1.82, 2.24) is 0 Å². The minimum absolute atomic E-state index is 0.130. The van der Waals surface area contributed by atoms with Gasteiger partial charge in [-0.2, -0.15) is 0 Å². The summed E-state index contributed by atoms with van der Waals surface area (Å²) in [7, 11) is -3.71. The molecular weight excluding hydrogens is 426 g/mol. The molecule has 2 aromatic carbocycles. The molecule has 0 saturated heterocycles. The fourth-order valence-corrected chi connectivity index (χ4v) is 3.54. The zero-order valence-electron chi connectivity index (χ0n) is 14.0. The van der Waals surface area contributed by atoms with Gasteiger partial charge in [0.05, 0.1) is 28.1 Å². The summed E-state index contributed by atoms with van der Waals surface area (Å²) in [5, 5.41) is 13.5. The first kappa shape index (κ1) is 19.9. The predicted octanol–water partition coefficient (Wildman–Crippen LogP) is 3.07. The maximum atomic E-state index is 12.4. The van der Waals surface area contributed by atoms with Crippen LogP contribution in [0.4, 0.5) is 17.1 Å². The van der Waals surface area contributed by atoms with E-state index in [2.05, 4.69) is 21.2 Å². The molecule has 0 saturated carbocycles. The fourth-order valence-electron chi connectivity index (χ4n) is 2.31. The summed E-state index contributed by atoms with van der Waals surface area (Å²) in [6.07, 6.45) is 1.000. The SMILES string of the molecule is Cc1c(NC(=O)CN(c2cccc(Br)c2)S(C)(=O)=O)cccc1[N+](=O)[O-]. The lowest BCUT2D eigenvalue weighted by molar-refractivity contribution is -0.385. The predicted molar refractivity (Wildman–Crippen MR) is 103 cm³/mol. The average Bonchev–Trinajstić information content (AvgIpc) is 2.53. The van der Waals surface area contributed by atoms with E-state index in [1.54, 1.807) is 24.3 Å². The van der Waals surface area contributed by atoms with Crippen molar-refractivity contribution in [3.05, 3.63) is 62.6 Å². The van der Waals surface area contributed by atoms with Gasteiger partial charge in [-0.25, -0.2) is 8.42 Å². The van der Waals surface area contributed by atoms with Crippen LogP contribution in [0, 0.1) is 17.0 Å². The van der Waals surface area contributed by atoms with Gasteiger partial charge in [0.15, 0.2) is 0 Å². The van der Waals surface area contributed by atoms with E-state index < -0.39 is 27.4 Å². The Labute approximate surface area is 159 Å². The maximum absolute atomic E-state index is 12.4. The molecule has 0 aromatic heterocycles. The van der Waals surface area contributed by atoms with Crippen LogP contribution < -0.4 is 9.62 Å². The van der Waals surface area contributed by atoms with Crippen molar-refractivity contribution in [2.75, 3.05) is 22.4 Å². The average molecular weight is 442 g/mol. The van der Waals surface area contributed by atoms with E-state index in [0.29, 0.717) is 15.7 Å². The molecule has 0 bridgehead atoms. The summed E-state index contributed by atoms with van der Waals surface area (Å²) in [5.74, 6) is -0.612. The van der Waals surface area contributed by atoms with Gasteiger partial charge in [0.25, 0.3) is 5.69 Å². The van der Waals surface area contributed by atoms with Crippen molar-refractivity contribution in [3.63, 3.8) is 0 Å². The number of nitro benzene ring substituents is 1. The van der Waals surface area contributed by atoms with Crippen molar-refractivity contribution in [1.29, 1.82) is 0 Å². The van der Waals surface area contributed by atoms with E-state index >= 15 is 0 Å². The van der Waals surface area contributed by atoms with Gasteiger partial charge in [-0.3, -0.25) is 19.2 Å². The third-order valence-electron chi connectivity index (χ3n) is 3.56. The van der Waals surface area contributed by atoms with E-state index in [1.165, 1.54) is 25.1 Å². The minimum Gasteiger partial charge on any atom is -0.324 e. The molecule has 0 aliphatic carbocycles. The number of anilines is 2. The van der Waals surface area contributed by atoms with Crippen molar-refractivity contribution in [2.45, 2.75) is 6.92 Å². The normalized spacial score (nSPS) is 11.0. The highest BCUT2D eigenvalue weighted by Gasteiger charge is 2.22. The Kier molecular flexibility index (Phi) is 5.98. The largest absolute Gasteiger partial charge is 0.324 e. The van der Waals surface area contributed by atoms with Gasteiger partial charge >= 0.3 is 0 Å². The highest BCUT2D eigenvalue weighted by atomic mass is 79.9. The number of hydrogen-bond donors (Lipinski definition) is 1. The molecule has 0 radical (unpaired) electrons. The van der Waals surface area contributed by atoms with Gasteiger partial charge in [0.1, 0.15) is 6.54 Å². The van der Waals surface area contributed by atoms with Crippen molar-refractivity contribution in [2.24, 2.45) is 0 Å². The summed E-state index contributed by atoms with van der Waals surface area (Å²) in [6, 6.07) is 10.8. The van der Waals surface area contributed by atoms with E-state index in [4.69, 9.17) is 0 Å². The molecule has 138 valence electrons. The van der Waals surface area contributed by atoms with Crippen LogP contribution in [0.2, 0.25) is 0 Å². The van der Waals surface area contributed by atoms with Crippen LogP contribution in [0.5, 0.6) is 0 Å². The Balaban J connectivity index is 2.27. The molecule has 2 rings (SSSR count). The lowest BCUT2D eigenvalue weighted by Gasteiger charge is -2.22. The van der Waals surface area contributed by atoms with E-state index in [1.807, 2.05) is 0 Å². The number of nitrogens with zero attached hydrogens (tertiary/aromatic N) is 2. The summed E-state index contributed by atoms with van der Waals surface area (Å²) in [6.45, 7) is 1.05. The molecule has 10 heteroatoms. The lowest BCUT2D eigenvalue weighted by atomic mass is 10.1. The Morgan fingerprint density at radius 3 is 2.50 bits per heavy atom. The number of halogens is 1. The molecule has 1 N–H and O–H groups in total. The first-order chi connectivity index (χ1) is 12.1. The molecule has 0 heterocycles. The monoisotopic (exact) mass is 441 g/mol. The molecule has 0 spiro atoms. The topological polar surface area (TPSA) is 110 Å². The molecule has 26 heavy (non-hydrogen) atoms. The third kappa shape index (κ3) is 4.79. The first-order valence-corrected chi connectivity index (χ1v) is 10.0. The zero-order valence-corrected chi connectivity index (χ0v) is 16.4. The van der Waals surface area contributed by atoms with Crippen molar-refractivity contribution < 1.29 is 18.1 Å². The number of hydrogen-bond acceptors (Lipinski definition) is 5. The van der Waals surface area contributed by atoms with Gasteiger partial charge in [0.2, 0.25) is 15.9 Å². The van der Waals surface area contributed by atoms with Gasteiger partial charge < -0.3 is 5.32 Å². The van der Waals surface area contributed by atoms with Crippen LogP contribution in [0.3, 0.4) is 0 Å².